The van der Waals surface area contributed by atoms with E-state index in [-0.39, 0.29) is 0 Å². The number of hydrogen-bond donors (Lipinski definition) is 0. The minimum atomic E-state index is 0.685. The van der Waals surface area contributed by atoms with E-state index in [1.807, 2.05) is 25.1 Å². The van der Waals surface area contributed by atoms with Crippen LogP contribution in [0.1, 0.15) is 5.69 Å². The quantitative estimate of drug-likeness (QED) is 0.751. The van der Waals surface area contributed by atoms with Gasteiger partial charge in [0, 0.05) is 24.7 Å². The van der Waals surface area contributed by atoms with Crippen LogP contribution in [0.2, 0.25) is 0 Å². The summed E-state index contributed by atoms with van der Waals surface area (Å²) in [5, 5.41) is 0. The number of halogens is 1. The van der Waals surface area contributed by atoms with Gasteiger partial charge >= 0.3 is 0 Å². The maximum atomic E-state index is 5.08. The molecule has 0 radical (unpaired) electrons. The lowest BCUT2D eigenvalue weighted by Gasteiger charge is -2.22. The zero-order valence-electron chi connectivity index (χ0n) is 9.74. The fourth-order valence-electron chi connectivity index (χ4n) is 1.36. The molecule has 0 aliphatic heterocycles. The first kappa shape index (κ1) is 13.2. The molecule has 3 nitrogen and oxygen atoms in total. The van der Waals surface area contributed by atoms with Gasteiger partial charge in [0.15, 0.2) is 0 Å². The Hall–Kier alpha value is -0.870. The number of aromatic nitrogens is 1. The SMILES string of the molecule is C=CCN(CCOC)c1ccc(Br)c(C)n1. The van der Waals surface area contributed by atoms with Gasteiger partial charge in [-0.15, -0.1) is 6.58 Å². The maximum absolute atomic E-state index is 5.08. The number of hydrogen-bond acceptors (Lipinski definition) is 3. The summed E-state index contributed by atoms with van der Waals surface area (Å²) in [5.74, 6) is 0.956. The molecule has 88 valence electrons. The molecule has 0 amide bonds. The fraction of sp³-hybridized carbons (Fsp3) is 0.417. The van der Waals surface area contributed by atoms with Gasteiger partial charge in [-0.3, -0.25) is 0 Å². The summed E-state index contributed by atoms with van der Waals surface area (Å²) in [6, 6.07) is 4.01. The van der Waals surface area contributed by atoms with Gasteiger partial charge in [-0.2, -0.15) is 0 Å². The van der Waals surface area contributed by atoms with Crippen LogP contribution in [0.4, 0.5) is 5.82 Å². The van der Waals surface area contributed by atoms with E-state index in [9.17, 15) is 0 Å². The van der Waals surface area contributed by atoms with Crippen LogP contribution in [0.5, 0.6) is 0 Å². The highest BCUT2D eigenvalue weighted by atomic mass is 79.9. The molecule has 1 rings (SSSR count). The Kier molecular flexibility index (Phi) is 5.49. The molecule has 4 heteroatoms. The summed E-state index contributed by atoms with van der Waals surface area (Å²) in [6.45, 7) is 8.01. The second kappa shape index (κ2) is 6.66. The lowest BCUT2D eigenvalue weighted by molar-refractivity contribution is 0.205. The van der Waals surface area contributed by atoms with Gasteiger partial charge in [0.2, 0.25) is 0 Å². The van der Waals surface area contributed by atoms with E-state index in [0.29, 0.717) is 6.61 Å². The van der Waals surface area contributed by atoms with Crippen LogP contribution >= 0.6 is 15.9 Å². The van der Waals surface area contributed by atoms with E-state index in [4.69, 9.17) is 4.74 Å². The summed E-state index contributed by atoms with van der Waals surface area (Å²) in [7, 11) is 1.70. The Morgan fingerprint density at radius 2 is 2.31 bits per heavy atom. The minimum Gasteiger partial charge on any atom is -0.383 e. The van der Waals surface area contributed by atoms with Crippen molar-refractivity contribution in [2.75, 3.05) is 31.7 Å². The molecule has 0 saturated heterocycles. The van der Waals surface area contributed by atoms with Crippen LogP contribution in [0, 0.1) is 6.92 Å². The first-order valence-electron chi connectivity index (χ1n) is 5.17. The molecular weight excluding hydrogens is 268 g/mol. The number of ether oxygens (including phenoxy) is 1. The Morgan fingerprint density at radius 1 is 1.56 bits per heavy atom. The lowest BCUT2D eigenvalue weighted by atomic mass is 10.3. The second-order valence-corrected chi connectivity index (χ2v) is 4.32. The first-order valence-corrected chi connectivity index (χ1v) is 5.96. The lowest BCUT2D eigenvalue weighted by Crippen LogP contribution is -2.28. The van der Waals surface area contributed by atoms with Crippen molar-refractivity contribution in [3.8, 4) is 0 Å². The van der Waals surface area contributed by atoms with Crippen molar-refractivity contribution < 1.29 is 4.74 Å². The molecule has 0 aromatic carbocycles. The van der Waals surface area contributed by atoms with Crippen molar-refractivity contribution in [1.82, 2.24) is 4.98 Å². The van der Waals surface area contributed by atoms with Crippen LogP contribution in [-0.2, 0) is 4.74 Å². The zero-order chi connectivity index (χ0) is 12.0. The van der Waals surface area contributed by atoms with E-state index in [0.717, 1.165) is 29.1 Å². The molecule has 1 heterocycles. The molecule has 0 fully saturated rings. The van der Waals surface area contributed by atoms with Gasteiger partial charge in [-0.1, -0.05) is 6.08 Å². The first-order chi connectivity index (χ1) is 7.69. The molecular formula is C12H17BrN2O. The summed E-state index contributed by atoms with van der Waals surface area (Å²) in [5.41, 5.74) is 0.990. The predicted molar refractivity (Wildman–Crippen MR) is 71.0 cm³/mol. The average molecular weight is 285 g/mol. The molecule has 0 atom stereocenters. The molecule has 0 saturated carbocycles. The number of aryl methyl sites for hydroxylation is 1. The molecule has 0 aliphatic rings. The monoisotopic (exact) mass is 284 g/mol. The summed E-state index contributed by atoms with van der Waals surface area (Å²) < 4.78 is 6.11. The van der Waals surface area contributed by atoms with E-state index in [2.05, 4.69) is 32.4 Å². The molecule has 1 aromatic heterocycles. The number of nitrogens with zero attached hydrogens (tertiary/aromatic N) is 2. The fourth-order valence-corrected chi connectivity index (χ4v) is 1.58. The second-order valence-electron chi connectivity index (χ2n) is 3.46. The maximum Gasteiger partial charge on any atom is 0.129 e. The van der Waals surface area contributed by atoms with E-state index in [1.54, 1.807) is 7.11 Å². The number of pyridine rings is 1. The van der Waals surface area contributed by atoms with Crippen molar-refractivity contribution in [3.05, 3.63) is 35.0 Å². The Labute approximate surface area is 105 Å². The standard InChI is InChI=1S/C12H17BrN2O/c1-4-7-15(8-9-16-3)12-6-5-11(13)10(2)14-12/h4-6H,1,7-9H2,2-3H3. The largest absolute Gasteiger partial charge is 0.383 e. The smallest absolute Gasteiger partial charge is 0.129 e. The number of methoxy groups -OCH3 is 1. The topological polar surface area (TPSA) is 25.4 Å². The molecule has 0 bridgehead atoms. The van der Waals surface area contributed by atoms with Crippen molar-refractivity contribution in [2.24, 2.45) is 0 Å². The van der Waals surface area contributed by atoms with Gasteiger partial charge in [-0.25, -0.2) is 4.98 Å². The highest BCUT2D eigenvalue weighted by Gasteiger charge is 2.07. The Balaban J connectivity index is 2.82. The minimum absolute atomic E-state index is 0.685. The molecule has 0 spiro atoms. The van der Waals surface area contributed by atoms with Crippen molar-refractivity contribution >= 4 is 21.7 Å². The molecule has 1 aromatic rings. The number of anilines is 1. The van der Waals surface area contributed by atoms with Crippen LogP contribution < -0.4 is 4.90 Å². The predicted octanol–water partition coefficient (Wildman–Crippen LogP) is 2.79. The van der Waals surface area contributed by atoms with E-state index < -0.39 is 0 Å². The van der Waals surface area contributed by atoms with Gasteiger partial charge in [0.25, 0.3) is 0 Å². The van der Waals surface area contributed by atoms with Crippen molar-refractivity contribution in [3.63, 3.8) is 0 Å². The third kappa shape index (κ3) is 3.61. The molecule has 0 N–H and O–H groups in total. The highest BCUT2D eigenvalue weighted by Crippen LogP contribution is 2.18. The van der Waals surface area contributed by atoms with E-state index in [1.165, 1.54) is 0 Å². The van der Waals surface area contributed by atoms with Crippen LogP contribution in [-0.4, -0.2) is 31.8 Å². The van der Waals surface area contributed by atoms with Crippen LogP contribution in [0.3, 0.4) is 0 Å². The molecule has 16 heavy (non-hydrogen) atoms. The third-order valence-corrected chi connectivity index (χ3v) is 3.08. The van der Waals surface area contributed by atoms with Gasteiger partial charge in [-0.05, 0) is 35.0 Å². The Morgan fingerprint density at radius 3 is 2.88 bits per heavy atom. The normalized spacial score (nSPS) is 10.2. The highest BCUT2D eigenvalue weighted by molar-refractivity contribution is 9.10. The van der Waals surface area contributed by atoms with Gasteiger partial charge in [0.1, 0.15) is 5.82 Å². The number of rotatable bonds is 6. The zero-order valence-corrected chi connectivity index (χ0v) is 11.3. The summed E-state index contributed by atoms with van der Waals surface area (Å²) in [4.78, 5) is 6.66. The van der Waals surface area contributed by atoms with Crippen molar-refractivity contribution in [1.29, 1.82) is 0 Å². The van der Waals surface area contributed by atoms with Crippen LogP contribution in [0.15, 0.2) is 29.3 Å². The molecule has 0 aliphatic carbocycles. The average Bonchev–Trinajstić information content (AvgIpc) is 2.28. The Bertz CT molecular complexity index is 355. The van der Waals surface area contributed by atoms with Crippen molar-refractivity contribution in [2.45, 2.75) is 6.92 Å². The van der Waals surface area contributed by atoms with E-state index >= 15 is 0 Å². The molecule has 0 unspecified atom stereocenters. The van der Waals surface area contributed by atoms with Gasteiger partial charge < -0.3 is 9.64 Å². The third-order valence-electron chi connectivity index (χ3n) is 2.25. The summed E-state index contributed by atoms with van der Waals surface area (Å²) in [6.07, 6.45) is 1.87. The van der Waals surface area contributed by atoms with Gasteiger partial charge in [0.05, 0.1) is 12.3 Å². The van der Waals surface area contributed by atoms with Crippen LogP contribution in [0.25, 0.3) is 0 Å². The summed E-state index contributed by atoms with van der Waals surface area (Å²) >= 11 is 3.44.